The highest BCUT2D eigenvalue weighted by Crippen LogP contribution is 2.17. The number of nitrogens with zero attached hydrogens (tertiary/aromatic N) is 2. The molecule has 100 valence electrons. The molecule has 1 N–H and O–H groups in total. The molecule has 1 amide bonds. The van der Waals surface area contributed by atoms with Gasteiger partial charge in [-0.3, -0.25) is 10.0 Å². The minimum absolute atomic E-state index is 0.205. The van der Waals surface area contributed by atoms with Crippen LogP contribution >= 0.6 is 0 Å². The van der Waals surface area contributed by atoms with Gasteiger partial charge in [-0.25, -0.2) is 5.06 Å². The van der Waals surface area contributed by atoms with Crippen molar-refractivity contribution in [2.75, 3.05) is 7.05 Å². The number of aryl methyl sites for hydroxylation is 2. The number of hydrogen-bond donors (Lipinski definition) is 1. The summed E-state index contributed by atoms with van der Waals surface area (Å²) in [6, 6.07) is 12.0. The highest BCUT2D eigenvalue weighted by Gasteiger charge is 2.08. The van der Waals surface area contributed by atoms with Crippen molar-refractivity contribution in [3.05, 3.63) is 53.3 Å². The average Bonchev–Trinajstić information content (AvgIpc) is 2.70. The van der Waals surface area contributed by atoms with Gasteiger partial charge in [0, 0.05) is 24.1 Å². The van der Waals surface area contributed by atoms with Crippen LogP contribution in [-0.2, 0) is 11.2 Å². The Morgan fingerprint density at radius 1 is 1.11 bits per heavy atom. The van der Waals surface area contributed by atoms with E-state index >= 15 is 0 Å². The highest BCUT2D eigenvalue weighted by molar-refractivity contribution is 5.77. The minimum atomic E-state index is -0.318. The van der Waals surface area contributed by atoms with E-state index in [1.54, 1.807) is 0 Å². The van der Waals surface area contributed by atoms with E-state index in [4.69, 9.17) is 5.21 Å². The molecular weight excluding hydrogens is 240 g/mol. The average molecular weight is 258 g/mol. The predicted octanol–water partition coefficient (Wildman–Crippen LogP) is 2.48. The van der Waals surface area contributed by atoms with Crippen molar-refractivity contribution in [1.82, 2.24) is 9.63 Å². The maximum atomic E-state index is 11.4. The maximum absolute atomic E-state index is 11.4. The Morgan fingerprint density at radius 3 is 2.11 bits per heavy atom. The van der Waals surface area contributed by atoms with E-state index in [1.807, 2.05) is 24.3 Å². The summed E-state index contributed by atoms with van der Waals surface area (Å²) < 4.78 is 2.16. The molecule has 1 aromatic heterocycles. The van der Waals surface area contributed by atoms with Crippen LogP contribution in [0.1, 0.15) is 17.0 Å². The van der Waals surface area contributed by atoms with Gasteiger partial charge in [0.1, 0.15) is 0 Å². The molecule has 0 saturated carbocycles. The van der Waals surface area contributed by atoms with Crippen molar-refractivity contribution in [2.24, 2.45) is 0 Å². The predicted molar refractivity (Wildman–Crippen MR) is 73.5 cm³/mol. The normalized spacial score (nSPS) is 10.5. The number of amides is 1. The molecule has 2 aromatic rings. The van der Waals surface area contributed by atoms with E-state index < -0.39 is 0 Å². The Balaban J connectivity index is 2.22. The molecule has 0 aliphatic rings. The molecule has 0 aliphatic carbocycles. The maximum Gasteiger partial charge on any atom is 0.250 e. The zero-order chi connectivity index (χ0) is 14.0. The van der Waals surface area contributed by atoms with Gasteiger partial charge in [0.05, 0.1) is 6.42 Å². The van der Waals surface area contributed by atoms with Crippen molar-refractivity contribution < 1.29 is 10.0 Å². The van der Waals surface area contributed by atoms with Crippen molar-refractivity contribution in [1.29, 1.82) is 0 Å². The van der Waals surface area contributed by atoms with Crippen LogP contribution in [0.3, 0.4) is 0 Å². The summed E-state index contributed by atoms with van der Waals surface area (Å²) >= 11 is 0. The Hall–Kier alpha value is -2.07. The van der Waals surface area contributed by atoms with Gasteiger partial charge in [-0.15, -0.1) is 0 Å². The molecular formula is C15H18N2O2. The number of aromatic nitrogens is 1. The molecule has 0 unspecified atom stereocenters. The van der Waals surface area contributed by atoms with Gasteiger partial charge in [-0.05, 0) is 43.7 Å². The fourth-order valence-electron chi connectivity index (χ4n) is 2.13. The fraction of sp³-hybridized carbons (Fsp3) is 0.267. The van der Waals surface area contributed by atoms with Gasteiger partial charge < -0.3 is 4.57 Å². The second-order valence-corrected chi connectivity index (χ2v) is 4.71. The number of hydrogen-bond acceptors (Lipinski definition) is 2. The van der Waals surface area contributed by atoms with E-state index in [0.717, 1.165) is 11.3 Å². The Kier molecular flexibility index (Phi) is 3.71. The summed E-state index contributed by atoms with van der Waals surface area (Å²) in [6.45, 7) is 4.12. The molecule has 0 spiro atoms. The standard InChI is InChI=1S/C15H18N2O2/c1-11-4-5-12(2)17(11)14-8-6-13(7-9-14)10-15(18)16(3)19/h4-9,19H,10H2,1-3H3. The van der Waals surface area contributed by atoms with Crippen LogP contribution in [0.2, 0.25) is 0 Å². The van der Waals surface area contributed by atoms with Gasteiger partial charge in [-0.2, -0.15) is 0 Å². The molecule has 4 heteroatoms. The molecule has 0 atom stereocenters. The summed E-state index contributed by atoms with van der Waals surface area (Å²) in [5, 5.41) is 9.66. The molecule has 19 heavy (non-hydrogen) atoms. The molecule has 0 fully saturated rings. The van der Waals surface area contributed by atoms with Crippen LogP contribution in [0.25, 0.3) is 5.69 Å². The van der Waals surface area contributed by atoms with E-state index in [9.17, 15) is 4.79 Å². The van der Waals surface area contributed by atoms with Crippen LogP contribution in [0.15, 0.2) is 36.4 Å². The monoisotopic (exact) mass is 258 g/mol. The first-order chi connectivity index (χ1) is 8.99. The molecule has 0 radical (unpaired) electrons. The molecule has 2 rings (SSSR count). The van der Waals surface area contributed by atoms with Gasteiger partial charge in [0.2, 0.25) is 5.91 Å². The third-order valence-electron chi connectivity index (χ3n) is 3.18. The summed E-state index contributed by atoms with van der Waals surface area (Å²) in [5.74, 6) is -0.318. The minimum Gasteiger partial charge on any atom is -0.319 e. The first-order valence-electron chi connectivity index (χ1n) is 6.18. The largest absolute Gasteiger partial charge is 0.319 e. The number of likely N-dealkylation sites (N-methyl/N-ethyl adjacent to an activating group) is 1. The lowest BCUT2D eigenvalue weighted by Gasteiger charge is -2.11. The summed E-state index contributed by atoms with van der Waals surface area (Å²) in [6.07, 6.45) is 0.205. The quantitative estimate of drug-likeness (QED) is 0.679. The summed E-state index contributed by atoms with van der Waals surface area (Å²) in [7, 11) is 1.34. The van der Waals surface area contributed by atoms with Crippen LogP contribution < -0.4 is 0 Å². The lowest BCUT2D eigenvalue weighted by Crippen LogP contribution is -2.24. The van der Waals surface area contributed by atoms with Crippen molar-refractivity contribution in [3.8, 4) is 5.69 Å². The van der Waals surface area contributed by atoms with Gasteiger partial charge in [0.15, 0.2) is 0 Å². The van der Waals surface area contributed by atoms with Gasteiger partial charge >= 0.3 is 0 Å². The molecule has 0 aliphatic heterocycles. The molecule has 0 bridgehead atoms. The smallest absolute Gasteiger partial charge is 0.250 e. The number of carbonyl (C=O) groups is 1. The van der Waals surface area contributed by atoms with E-state index in [1.165, 1.54) is 18.4 Å². The Bertz CT molecular complexity index is 563. The third kappa shape index (κ3) is 2.85. The molecule has 1 aromatic carbocycles. The summed E-state index contributed by atoms with van der Waals surface area (Å²) in [5.41, 5.74) is 4.32. The van der Waals surface area contributed by atoms with Gasteiger partial charge in [-0.1, -0.05) is 12.1 Å². The lowest BCUT2D eigenvalue weighted by molar-refractivity contribution is -0.158. The molecule has 0 saturated heterocycles. The Labute approximate surface area is 112 Å². The van der Waals surface area contributed by atoms with E-state index in [0.29, 0.717) is 5.06 Å². The number of hydroxylamine groups is 2. The first kappa shape index (κ1) is 13.4. The highest BCUT2D eigenvalue weighted by atomic mass is 16.5. The zero-order valence-corrected chi connectivity index (χ0v) is 11.4. The second kappa shape index (κ2) is 5.28. The third-order valence-corrected chi connectivity index (χ3v) is 3.18. The topological polar surface area (TPSA) is 45.5 Å². The van der Waals surface area contributed by atoms with Crippen molar-refractivity contribution in [3.63, 3.8) is 0 Å². The van der Waals surface area contributed by atoms with Crippen LogP contribution in [0.4, 0.5) is 0 Å². The summed E-state index contributed by atoms with van der Waals surface area (Å²) in [4.78, 5) is 11.4. The Morgan fingerprint density at radius 2 is 1.63 bits per heavy atom. The first-order valence-corrected chi connectivity index (χ1v) is 6.18. The van der Waals surface area contributed by atoms with Crippen molar-refractivity contribution >= 4 is 5.91 Å². The fourth-order valence-corrected chi connectivity index (χ4v) is 2.13. The molecule has 4 nitrogen and oxygen atoms in total. The van der Waals surface area contributed by atoms with Crippen molar-refractivity contribution in [2.45, 2.75) is 20.3 Å². The number of benzene rings is 1. The number of rotatable bonds is 3. The second-order valence-electron chi connectivity index (χ2n) is 4.71. The van der Waals surface area contributed by atoms with Crippen LogP contribution in [-0.4, -0.2) is 27.8 Å². The lowest BCUT2D eigenvalue weighted by atomic mass is 10.1. The van der Waals surface area contributed by atoms with Crippen LogP contribution in [0, 0.1) is 13.8 Å². The van der Waals surface area contributed by atoms with E-state index in [2.05, 4.69) is 30.5 Å². The zero-order valence-electron chi connectivity index (χ0n) is 11.4. The van der Waals surface area contributed by atoms with Gasteiger partial charge in [0.25, 0.3) is 0 Å². The van der Waals surface area contributed by atoms with Crippen LogP contribution in [0.5, 0.6) is 0 Å². The van der Waals surface area contributed by atoms with E-state index in [-0.39, 0.29) is 12.3 Å². The SMILES string of the molecule is Cc1ccc(C)n1-c1ccc(CC(=O)N(C)O)cc1. The molecule has 1 heterocycles. The number of carbonyl (C=O) groups excluding carboxylic acids is 1.